The van der Waals surface area contributed by atoms with Crippen molar-refractivity contribution in [1.82, 2.24) is 4.31 Å². The summed E-state index contributed by atoms with van der Waals surface area (Å²) in [6.45, 7) is 4.06. The van der Waals surface area contributed by atoms with E-state index in [1.165, 1.54) is 34.6 Å². The summed E-state index contributed by atoms with van der Waals surface area (Å²) in [5.41, 5.74) is 1.14. The van der Waals surface area contributed by atoms with Crippen LogP contribution >= 0.6 is 0 Å². The molecule has 8 heteroatoms. The zero-order valence-corrected chi connectivity index (χ0v) is 18.0. The normalized spacial score (nSPS) is 12.5. The quantitative estimate of drug-likeness (QED) is 0.569. The molecule has 2 aromatic carbocycles. The molecule has 0 spiro atoms. The summed E-state index contributed by atoms with van der Waals surface area (Å²) < 4.78 is 65.0. The SMILES string of the molecule is CCCCCN(Cc1ccc(F)cc1)S(=O)(=O)c1cc(S(C)(=O)=O)ccc1C. The van der Waals surface area contributed by atoms with Gasteiger partial charge in [-0.3, -0.25) is 0 Å². The average molecular weight is 428 g/mol. The third-order valence-corrected chi connectivity index (χ3v) is 7.59. The number of sulfonamides is 1. The number of hydrogen-bond acceptors (Lipinski definition) is 4. The van der Waals surface area contributed by atoms with Crippen LogP contribution in [-0.4, -0.2) is 33.9 Å². The Hall–Kier alpha value is -1.77. The molecule has 0 N–H and O–H groups in total. The van der Waals surface area contributed by atoms with Crippen molar-refractivity contribution in [2.75, 3.05) is 12.8 Å². The summed E-state index contributed by atoms with van der Waals surface area (Å²) in [5, 5.41) is 0. The lowest BCUT2D eigenvalue weighted by Gasteiger charge is -2.23. The van der Waals surface area contributed by atoms with Crippen LogP contribution in [0.25, 0.3) is 0 Å². The molecule has 0 fully saturated rings. The van der Waals surface area contributed by atoms with E-state index in [0.717, 1.165) is 19.1 Å². The first-order valence-electron chi connectivity index (χ1n) is 9.11. The van der Waals surface area contributed by atoms with Crippen LogP contribution in [0.4, 0.5) is 4.39 Å². The number of aryl methyl sites for hydroxylation is 1. The molecule has 0 bridgehead atoms. The van der Waals surface area contributed by atoms with E-state index in [1.807, 2.05) is 6.92 Å². The lowest BCUT2D eigenvalue weighted by Crippen LogP contribution is -2.32. The molecule has 2 rings (SSSR count). The average Bonchev–Trinajstić information content (AvgIpc) is 2.62. The van der Waals surface area contributed by atoms with Crippen LogP contribution in [0, 0.1) is 12.7 Å². The second-order valence-corrected chi connectivity index (χ2v) is 10.8. The summed E-state index contributed by atoms with van der Waals surface area (Å²) in [6, 6.07) is 9.83. The number of hydrogen-bond donors (Lipinski definition) is 0. The van der Waals surface area contributed by atoms with E-state index in [4.69, 9.17) is 0 Å². The van der Waals surface area contributed by atoms with Crippen LogP contribution in [0.3, 0.4) is 0 Å². The van der Waals surface area contributed by atoms with Gasteiger partial charge < -0.3 is 0 Å². The molecule has 0 amide bonds. The first-order valence-corrected chi connectivity index (χ1v) is 12.4. The van der Waals surface area contributed by atoms with Crippen LogP contribution in [0.1, 0.15) is 37.3 Å². The molecule has 5 nitrogen and oxygen atoms in total. The Bertz CT molecular complexity index is 1020. The third-order valence-electron chi connectivity index (χ3n) is 4.49. The topological polar surface area (TPSA) is 71.5 Å². The van der Waals surface area contributed by atoms with E-state index in [9.17, 15) is 21.2 Å². The van der Waals surface area contributed by atoms with Gasteiger partial charge in [0.15, 0.2) is 9.84 Å². The molecule has 0 atom stereocenters. The molecule has 0 radical (unpaired) electrons. The predicted molar refractivity (Wildman–Crippen MR) is 108 cm³/mol. The third kappa shape index (κ3) is 5.62. The minimum Gasteiger partial charge on any atom is -0.224 e. The van der Waals surface area contributed by atoms with Gasteiger partial charge in [-0.1, -0.05) is 38.0 Å². The van der Waals surface area contributed by atoms with Crippen molar-refractivity contribution in [3.8, 4) is 0 Å². The molecule has 0 saturated carbocycles. The van der Waals surface area contributed by atoms with E-state index < -0.39 is 19.9 Å². The van der Waals surface area contributed by atoms with E-state index in [1.54, 1.807) is 19.1 Å². The largest absolute Gasteiger partial charge is 0.243 e. The molecule has 0 saturated heterocycles. The zero-order chi connectivity index (χ0) is 20.9. The van der Waals surface area contributed by atoms with Crippen LogP contribution in [0.2, 0.25) is 0 Å². The van der Waals surface area contributed by atoms with E-state index in [0.29, 0.717) is 24.1 Å². The maximum Gasteiger partial charge on any atom is 0.243 e. The minimum atomic E-state index is -3.93. The fourth-order valence-electron chi connectivity index (χ4n) is 2.84. The zero-order valence-electron chi connectivity index (χ0n) is 16.4. The maximum absolute atomic E-state index is 13.4. The highest BCUT2D eigenvalue weighted by molar-refractivity contribution is 7.91. The Morgan fingerprint density at radius 1 is 0.964 bits per heavy atom. The fourth-order valence-corrected chi connectivity index (χ4v) is 5.28. The molecule has 28 heavy (non-hydrogen) atoms. The fraction of sp³-hybridized carbons (Fsp3) is 0.400. The molecule has 0 aliphatic carbocycles. The Balaban J connectivity index is 2.46. The molecule has 2 aromatic rings. The Morgan fingerprint density at radius 3 is 2.18 bits per heavy atom. The highest BCUT2D eigenvalue weighted by Crippen LogP contribution is 2.25. The number of sulfone groups is 1. The maximum atomic E-state index is 13.4. The van der Waals surface area contributed by atoms with Crippen molar-refractivity contribution < 1.29 is 21.2 Å². The van der Waals surface area contributed by atoms with E-state index in [2.05, 4.69) is 0 Å². The van der Waals surface area contributed by atoms with Gasteiger partial charge in [0, 0.05) is 19.3 Å². The molecule has 0 heterocycles. The van der Waals surface area contributed by atoms with Crippen molar-refractivity contribution in [3.63, 3.8) is 0 Å². The molecule has 0 unspecified atom stereocenters. The number of benzene rings is 2. The number of rotatable bonds is 9. The van der Waals surface area contributed by atoms with Crippen molar-refractivity contribution in [2.45, 2.75) is 49.4 Å². The van der Waals surface area contributed by atoms with Gasteiger partial charge >= 0.3 is 0 Å². The van der Waals surface area contributed by atoms with Gasteiger partial charge in [-0.2, -0.15) is 4.31 Å². The Kier molecular flexibility index (Phi) is 7.36. The minimum absolute atomic E-state index is 0.0194. The highest BCUT2D eigenvalue weighted by Gasteiger charge is 2.27. The van der Waals surface area contributed by atoms with Gasteiger partial charge in [-0.25, -0.2) is 21.2 Å². The van der Waals surface area contributed by atoms with Crippen LogP contribution in [0.5, 0.6) is 0 Å². The van der Waals surface area contributed by atoms with Gasteiger partial charge in [0.25, 0.3) is 0 Å². The van der Waals surface area contributed by atoms with Crippen LogP contribution in [0.15, 0.2) is 52.3 Å². The van der Waals surface area contributed by atoms with Crippen LogP contribution < -0.4 is 0 Å². The number of halogens is 1. The molecule has 154 valence electrons. The Morgan fingerprint density at radius 2 is 1.61 bits per heavy atom. The van der Waals surface area contributed by atoms with E-state index >= 15 is 0 Å². The number of unbranched alkanes of at least 4 members (excludes halogenated alkanes) is 2. The molecule has 0 aliphatic heterocycles. The van der Waals surface area contributed by atoms with Gasteiger partial charge in [0.05, 0.1) is 9.79 Å². The standard InChI is InChI=1S/C20H26FNO4S2/c1-4-5-6-13-22(15-17-8-10-18(21)11-9-17)28(25,26)20-14-19(27(3,23)24)12-7-16(20)2/h7-12,14H,4-6,13,15H2,1-3H3. The number of nitrogens with zero attached hydrogens (tertiary/aromatic N) is 1. The Labute approximate surface area is 167 Å². The highest BCUT2D eigenvalue weighted by atomic mass is 32.2. The molecule has 0 aliphatic rings. The predicted octanol–water partition coefficient (Wildman–Crippen LogP) is 3.92. The first kappa shape index (κ1) is 22.5. The summed E-state index contributed by atoms with van der Waals surface area (Å²) in [6.07, 6.45) is 3.54. The summed E-state index contributed by atoms with van der Waals surface area (Å²) in [5.74, 6) is -0.388. The van der Waals surface area contributed by atoms with Crippen molar-refractivity contribution in [2.24, 2.45) is 0 Å². The molecule has 0 aromatic heterocycles. The summed E-state index contributed by atoms with van der Waals surface area (Å²) in [7, 11) is -7.47. The second-order valence-electron chi connectivity index (χ2n) is 6.87. The van der Waals surface area contributed by atoms with Gasteiger partial charge in [0.2, 0.25) is 10.0 Å². The molecular weight excluding hydrogens is 401 g/mol. The lowest BCUT2D eigenvalue weighted by atomic mass is 10.2. The van der Waals surface area contributed by atoms with Crippen molar-refractivity contribution in [1.29, 1.82) is 0 Å². The van der Waals surface area contributed by atoms with Gasteiger partial charge in [0.1, 0.15) is 5.82 Å². The monoisotopic (exact) mass is 427 g/mol. The molecular formula is C20H26FNO4S2. The second kappa shape index (κ2) is 9.15. The van der Waals surface area contributed by atoms with Crippen molar-refractivity contribution >= 4 is 19.9 Å². The van der Waals surface area contributed by atoms with Gasteiger partial charge in [-0.15, -0.1) is 0 Å². The lowest BCUT2D eigenvalue weighted by molar-refractivity contribution is 0.394. The van der Waals surface area contributed by atoms with Gasteiger partial charge in [-0.05, 0) is 48.7 Å². The summed E-state index contributed by atoms with van der Waals surface area (Å²) >= 11 is 0. The van der Waals surface area contributed by atoms with Crippen molar-refractivity contribution in [3.05, 3.63) is 59.4 Å². The smallest absolute Gasteiger partial charge is 0.224 e. The van der Waals surface area contributed by atoms with E-state index in [-0.39, 0.29) is 22.2 Å². The summed E-state index contributed by atoms with van der Waals surface area (Å²) in [4.78, 5) is -0.0546. The first-order chi connectivity index (χ1) is 13.1. The van der Waals surface area contributed by atoms with Crippen LogP contribution in [-0.2, 0) is 26.4 Å².